The van der Waals surface area contributed by atoms with E-state index in [-0.39, 0.29) is 17.6 Å². The molecule has 1 rings (SSSR count). The van der Waals surface area contributed by atoms with Gasteiger partial charge in [-0.1, -0.05) is 32.0 Å². The second-order valence-electron chi connectivity index (χ2n) is 7.27. The number of alkyl carbamates (subject to hydrolysis) is 1. The molecule has 1 aromatic rings. The molecule has 1 N–H and O–H groups in total. The lowest BCUT2D eigenvalue weighted by Crippen LogP contribution is -2.37. The third-order valence-electron chi connectivity index (χ3n) is 4.01. The molecule has 0 unspecified atom stereocenters. The molecule has 0 spiro atoms. The van der Waals surface area contributed by atoms with Gasteiger partial charge in [0.1, 0.15) is 11.6 Å². The predicted octanol–water partition coefficient (Wildman–Crippen LogP) is 3.64. The highest BCUT2D eigenvalue weighted by Gasteiger charge is 2.28. The van der Waals surface area contributed by atoms with Crippen molar-refractivity contribution in [2.75, 3.05) is 18.8 Å². The molecule has 0 bridgehead atoms. The first-order valence-electron chi connectivity index (χ1n) is 9.34. The van der Waals surface area contributed by atoms with Crippen LogP contribution in [0.2, 0.25) is 0 Å². The van der Waals surface area contributed by atoms with Gasteiger partial charge in [-0.25, -0.2) is 4.79 Å². The monoisotopic (exact) mass is 400 g/mol. The molecule has 0 aromatic carbocycles. The van der Waals surface area contributed by atoms with Crippen molar-refractivity contribution >= 4 is 23.8 Å². The zero-order valence-electron chi connectivity index (χ0n) is 17.4. The number of carbonyl (C=O) groups is 2. The van der Waals surface area contributed by atoms with Gasteiger partial charge in [-0.05, 0) is 40.5 Å². The molecule has 0 aliphatic carbocycles. The van der Waals surface area contributed by atoms with Crippen LogP contribution in [0.15, 0.2) is 9.64 Å². The summed E-state index contributed by atoms with van der Waals surface area (Å²) in [5, 5.41) is 11.2. The molecule has 0 aliphatic heterocycles. The molecule has 1 aromatic heterocycles. The van der Waals surface area contributed by atoms with Gasteiger partial charge in [0.25, 0.3) is 5.22 Å². The molecule has 0 aliphatic rings. The quantitative estimate of drug-likeness (QED) is 0.632. The van der Waals surface area contributed by atoms with Crippen molar-refractivity contribution in [3.63, 3.8) is 0 Å². The number of carbonyl (C=O) groups excluding carboxylic acids is 2. The number of nitrogens with one attached hydrogen (secondary N) is 1. The Morgan fingerprint density at radius 2 is 1.85 bits per heavy atom. The largest absolute Gasteiger partial charge is 0.444 e. The summed E-state index contributed by atoms with van der Waals surface area (Å²) in [5.41, 5.74) is -0.593. The third-order valence-corrected chi connectivity index (χ3v) is 4.81. The fraction of sp³-hybridized carbons (Fsp3) is 0.778. The lowest BCUT2D eigenvalue weighted by molar-refractivity contribution is -0.127. The van der Waals surface area contributed by atoms with Gasteiger partial charge in [-0.3, -0.25) is 4.79 Å². The predicted molar refractivity (Wildman–Crippen MR) is 105 cm³/mol. The number of amides is 2. The number of rotatable bonds is 9. The molecule has 2 amide bonds. The van der Waals surface area contributed by atoms with Gasteiger partial charge >= 0.3 is 6.09 Å². The van der Waals surface area contributed by atoms with Crippen molar-refractivity contribution in [1.29, 1.82) is 0 Å². The maximum absolute atomic E-state index is 12.1. The normalized spacial score (nSPS) is 13.7. The molecule has 9 heteroatoms. The van der Waals surface area contributed by atoms with E-state index in [0.717, 1.165) is 6.42 Å². The Balaban J connectivity index is 2.79. The van der Waals surface area contributed by atoms with Crippen LogP contribution in [0.5, 0.6) is 0 Å². The highest BCUT2D eigenvalue weighted by atomic mass is 32.2. The van der Waals surface area contributed by atoms with Crippen LogP contribution in [0.1, 0.15) is 66.8 Å². The van der Waals surface area contributed by atoms with Crippen LogP contribution in [-0.4, -0.2) is 51.5 Å². The number of thioether (sulfide) groups is 1. The van der Waals surface area contributed by atoms with E-state index in [2.05, 4.69) is 15.5 Å². The minimum atomic E-state index is -0.593. The van der Waals surface area contributed by atoms with Crippen molar-refractivity contribution in [1.82, 2.24) is 20.4 Å². The molecule has 0 saturated heterocycles. The minimum absolute atomic E-state index is 0.0232. The highest BCUT2D eigenvalue weighted by Crippen LogP contribution is 2.27. The van der Waals surface area contributed by atoms with E-state index >= 15 is 0 Å². The van der Waals surface area contributed by atoms with E-state index in [1.165, 1.54) is 11.8 Å². The molecule has 1 heterocycles. The minimum Gasteiger partial charge on any atom is -0.444 e. The zero-order valence-corrected chi connectivity index (χ0v) is 18.2. The van der Waals surface area contributed by atoms with Crippen LogP contribution in [-0.2, 0) is 9.53 Å². The maximum Gasteiger partial charge on any atom is 0.408 e. The zero-order chi connectivity index (χ0) is 20.6. The van der Waals surface area contributed by atoms with E-state index in [1.54, 1.807) is 25.7 Å². The number of nitrogens with zero attached hydrogens (tertiary/aromatic N) is 3. The molecular weight excluding hydrogens is 368 g/mol. The molecule has 2 atom stereocenters. The second-order valence-corrected chi connectivity index (χ2v) is 8.20. The molecule has 154 valence electrons. The summed E-state index contributed by atoms with van der Waals surface area (Å²) in [4.78, 5) is 26.0. The maximum atomic E-state index is 12.1. The van der Waals surface area contributed by atoms with Gasteiger partial charge in [-0.15, -0.1) is 10.2 Å². The van der Waals surface area contributed by atoms with Gasteiger partial charge in [0, 0.05) is 13.1 Å². The summed E-state index contributed by atoms with van der Waals surface area (Å²) in [5.74, 6) is 0.646. The Hall–Kier alpha value is -1.77. The third kappa shape index (κ3) is 7.78. The van der Waals surface area contributed by atoms with Gasteiger partial charge in [0.2, 0.25) is 11.8 Å². The molecular formula is C18H32N4O4S. The van der Waals surface area contributed by atoms with Crippen molar-refractivity contribution in [2.45, 2.75) is 71.8 Å². The summed E-state index contributed by atoms with van der Waals surface area (Å²) in [6, 6.07) is -0.454. The average molecular weight is 401 g/mol. The summed E-state index contributed by atoms with van der Waals surface area (Å²) < 4.78 is 11.0. The van der Waals surface area contributed by atoms with Crippen molar-refractivity contribution in [3.8, 4) is 0 Å². The molecule has 0 radical (unpaired) electrons. The average Bonchev–Trinajstić information content (AvgIpc) is 3.05. The molecule has 0 fully saturated rings. The van der Waals surface area contributed by atoms with Crippen LogP contribution in [0.25, 0.3) is 0 Å². The first-order chi connectivity index (χ1) is 12.6. The Morgan fingerprint density at radius 3 is 2.37 bits per heavy atom. The Bertz CT molecular complexity index is 611. The Labute approximate surface area is 165 Å². The van der Waals surface area contributed by atoms with Crippen LogP contribution >= 0.6 is 11.8 Å². The first kappa shape index (κ1) is 23.3. The Kier molecular flexibility index (Phi) is 9.08. The lowest BCUT2D eigenvalue weighted by Gasteiger charge is -2.24. The second kappa shape index (κ2) is 10.5. The summed E-state index contributed by atoms with van der Waals surface area (Å²) in [7, 11) is 0. The van der Waals surface area contributed by atoms with Crippen LogP contribution in [0.4, 0.5) is 4.79 Å². The van der Waals surface area contributed by atoms with Gasteiger partial charge in [0.15, 0.2) is 0 Å². The smallest absolute Gasteiger partial charge is 0.408 e. The fourth-order valence-corrected chi connectivity index (χ4v) is 2.99. The molecule has 0 saturated carbocycles. The number of aromatic nitrogens is 2. The molecule has 8 nitrogen and oxygen atoms in total. The van der Waals surface area contributed by atoms with Crippen molar-refractivity contribution < 1.29 is 18.7 Å². The summed E-state index contributed by atoms with van der Waals surface area (Å²) in [6.07, 6.45) is 0.281. The van der Waals surface area contributed by atoms with Gasteiger partial charge in [0.05, 0.1) is 5.75 Å². The standard InChI is InChI=1S/C18H32N4O4S/c1-8-12(4)14(19-16(24)26-18(5,6)7)15-20-21-17(25-15)27-11-13(23)22(9-2)10-3/h12,14H,8-11H2,1-7H3,(H,19,24)/t12-,14-/m1/s1. The van der Waals surface area contributed by atoms with Gasteiger partial charge < -0.3 is 19.4 Å². The van der Waals surface area contributed by atoms with E-state index < -0.39 is 17.7 Å². The molecule has 27 heavy (non-hydrogen) atoms. The van der Waals surface area contributed by atoms with E-state index in [1.807, 2.05) is 27.7 Å². The fourth-order valence-electron chi connectivity index (χ4n) is 2.31. The summed E-state index contributed by atoms with van der Waals surface area (Å²) in [6.45, 7) is 14.6. The number of hydrogen-bond acceptors (Lipinski definition) is 7. The first-order valence-corrected chi connectivity index (χ1v) is 10.3. The lowest BCUT2D eigenvalue weighted by atomic mass is 9.99. The Morgan fingerprint density at radius 1 is 1.22 bits per heavy atom. The van der Waals surface area contributed by atoms with Crippen molar-refractivity contribution in [3.05, 3.63) is 5.89 Å². The van der Waals surface area contributed by atoms with E-state index in [0.29, 0.717) is 24.2 Å². The summed E-state index contributed by atoms with van der Waals surface area (Å²) >= 11 is 1.20. The van der Waals surface area contributed by atoms with E-state index in [9.17, 15) is 9.59 Å². The van der Waals surface area contributed by atoms with Gasteiger partial charge in [-0.2, -0.15) is 0 Å². The van der Waals surface area contributed by atoms with Crippen LogP contribution < -0.4 is 5.32 Å². The van der Waals surface area contributed by atoms with Crippen LogP contribution in [0.3, 0.4) is 0 Å². The topological polar surface area (TPSA) is 97.6 Å². The van der Waals surface area contributed by atoms with E-state index in [4.69, 9.17) is 9.15 Å². The number of hydrogen-bond donors (Lipinski definition) is 1. The van der Waals surface area contributed by atoms with Crippen LogP contribution in [0, 0.1) is 5.92 Å². The SMILES string of the molecule is CC[C@@H](C)[C@@H](NC(=O)OC(C)(C)C)c1nnc(SCC(=O)N(CC)CC)o1. The van der Waals surface area contributed by atoms with Crippen molar-refractivity contribution in [2.24, 2.45) is 5.92 Å². The number of ether oxygens (including phenoxy) is 1. The highest BCUT2D eigenvalue weighted by molar-refractivity contribution is 7.99.